The summed E-state index contributed by atoms with van der Waals surface area (Å²) in [5.74, 6) is 0. The number of aryl methyl sites for hydroxylation is 1. The van der Waals surface area contributed by atoms with Gasteiger partial charge in [0.25, 0.3) is 0 Å². The largest absolute Gasteiger partial charge is 0.132 e. The van der Waals surface area contributed by atoms with E-state index < -0.39 is 0 Å². The first-order valence-corrected chi connectivity index (χ1v) is 7.52. The lowest BCUT2D eigenvalue weighted by Gasteiger charge is -2.03. The van der Waals surface area contributed by atoms with Crippen molar-refractivity contribution in [2.24, 2.45) is 0 Å². The van der Waals surface area contributed by atoms with Gasteiger partial charge >= 0.3 is 0 Å². The molecule has 0 fully saturated rings. The number of rotatable bonds is 2. The Morgan fingerprint density at radius 3 is 2.60 bits per heavy atom. The van der Waals surface area contributed by atoms with E-state index in [1.807, 2.05) is 11.4 Å². The molecule has 1 atom stereocenters. The van der Waals surface area contributed by atoms with E-state index in [0.29, 0.717) is 0 Å². The molecule has 15 heavy (non-hydrogen) atoms. The molecule has 0 aliphatic carbocycles. The van der Waals surface area contributed by atoms with Gasteiger partial charge in [-0.1, -0.05) is 11.6 Å². The molecule has 2 aromatic rings. The van der Waals surface area contributed by atoms with E-state index in [9.17, 15) is 0 Å². The van der Waals surface area contributed by atoms with Gasteiger partial charge in [0.15, 0.2) is 0 Å². The summed E-state index contributed by atoms with van der Waals surface area (Å²) in [6, 6.07) is 4.03. The van der Waals surface area contributed by atoms with E-state index in [1.165, 1.54) is 16.9 Å². The summed E-state index contributed by atoms with van der Waals surface area (Å²) in [5.41, 5.74) is 2.29. The van der Waals surface area contributed by atoms with Crippen LogP contribution < -0.4 is 0 Å². The normalized spacial score (nSPS) is 13.1. The lowest BCUT2D eigenvalue weighted by molar-refractivity contribution is 1.20. The lowest BCUT2D eigenvalue weighted by Crippen LogP contribution is -1.85. The Morgan fingerprint density at radius 2 is 2.13 bits per heavy atom. The molecule has 2 heterocycles. The molecule has 0 nitrogen and oxygen atoms in total. The van der Waals surface area contributed by atoms with Gasteiger partial charge in [0.1, 0.15) is 0 Å². The highest BCUT2D eigenvalue weighted by Gasteiger charge is 2.15. The maximum atomic E-state index is 6.37. The van der Waals surface area contributed by atoms with Crippen LogP contribution in [0.4, 0.5) is 0 Å². The molecule has 0 bridgehead atoms. The van der Waals surface area contributed by atoms with Crippen LogP contribution >= 0.6 is 61.8 Å². The summed E-state index contributed by atoms with van der Waals surface area (Å²) in [4.78, 5) is 1.15. The van der Waals surface area contributed by atoms with Crippen LogP contribution in [0.5, 0.6) is 0 Å². The molecule has 5 heteroatoms. The summed E-state index contributed by atoms with van der Waals surface area (Å²) < 4.78 is 1.92. The lowest BCUT2D eigenvalue weighted by atomic mass is 10.2. The molecule has 80 valence electrons. The molecule has 0 spiro atoms. The Bertz CT molecular complexity index is 456. The van der Waals surface area contributed by atoms with Crippen LogP contribution in [-0.4, -0.2) is 0 Å². The highest BCUT2D eigenvalue weighted by molar-refractivity contribution is 9.11. The van der Waals surface area contributed by atoms with Crippen LogP contribution in [0.3, 0.4) is 0 Å². The quantitative estimate of drug-likeness (QED) is 0.600. The summed E-state index contributed by atoms with van der Waals surface area (Å²) >= 11 is 18.9. The third-order valence-electron chi connectivity index (χ3n) is 2.01. The summed E-state index contributed by atoms with van der Waals surface area (Å²) in [6.45, 7) is 2.06. The third kappa shape index (κ3) is 2.59. The van der Waals surface area contributed by atoms with Crippen molar-refractivity contribution in [3.8, 4) is 0 Å². The molecule has 0 aliphatic rings. The average Bonchev–Trinajstić information content (AvgIpc) is 2.74. The van der Waals surface area contributed by atoms with Crippen LogP contribution in [-0.2, 0) is 0 Å². The zero-order valence-electron chi connectivity index (χ0n) is 7.76. The van der Waals surface area contributed by atoms with Gasteiger partial charge in [0, 0.05) is 4.88 Å². The van der Waals surface area contributed by atoms with Gasteiger partial charge in [-0.3, -0.25) is 0 Å². The van der Waals surface area contributed by atoms with Crippen molar-refractivity contribution >= 4 is 61.8 Å². The topological polar surface area (TPSA) is 0 Å². The number of halogens is 3. The van der Waals surface area contributed by atoms with Crippen LogP contribution in [0.15, 0.2) is 21.3 Å². The average molecular weight is 342 g/mol. The SMILES string of the molecule is Cc1cc(C(Cl)c2csc(Cl)c2)sc1Br. The van der Waals surface area contributed by atoms with Crippen LogP contribution in [0.2, 0.25) is 4.34 Å². The minimum Gasteiger partial charge on any atom is -0.132 e. The van der Waals surface area contributed by atoms with E-state index in [-0.39, 0.29) is 5.38 Å². The molecular formula is C10H7BrCl2S2. The minimum absolute atomic E-state index is 0.0938. The Hall–Kier alpha value is 0.460. The van der Waals surface area contributed by atoms with Gasteiger partial charge < -0.3 is 0 Å². The Labute approximate surface area is 115 Å². The van der Waals surface area contributed by atoms with Crippen molar-refractivity contribution in [1.29, 1.82) is 0 Å². The standard InChI is InChI=1S/C10H7BrCl2S2/c1-5-2-7(15-10(5)11)9(13)6-3-8(12)14-4-6/h2-4,9H,1H3. The smallest absolute Gasteiger partial charge is 0.0936 e. The van der Waals surface area contributed by atoms with E-state index in [0.717, 1.165) is 18.6 Å². The van der Waals surface area contributed by atoms with E-state index in [4.69, 9.17) is 23.2 Å². The van der Waals surface area contributed by atoms with Crippen LogP contribution in [0.1, 0.15) is 21.4 Å². The summed E-state index contributed by atoms with van der Waals surface area (Å²) in [5, 5.41) is 1.91. The molecule has 0 N–H and O–H groups in total. The zero-order chi connectivity index (χ0) is 11.0. The summed E-state index contributed by atoms with van der Waals surface area (Å²) in [7, 11) is 0. The number of thiophene rings is 2. The van der Waals surface area contributed by atoms with Crippen molar-refractivity contribution in [1.82, 2.24) is 0 Å². The highest BCUT2D eigenvalue weighted by atomic mass is 79.9. The Balaban J connectivity index is 2.31. The fraction of sp³-hybridized carbons (Fsp3) is 0.200. The molecule has 0 radical (unpaired) electrons. The van der Waals surface area contributed by atoms with Gasteiger partial charge in [0.05, 0.1) is 13.5 Å². The van der Waals surface area contributed by atoms with Crippen LogP contribution in [0.25, 0.3) is 0 Å². The maximum Gasteiger partial charge on any atom is 0.0936 e. The molecule has 2 rings (SSSR count). The molecule has 2 aromatic heterocycles. The monoisotopic (exact) mass is 340 g/mol. The molecular weight excluding hydrogens is 335 g/mol. The molecule has 0 saturated heterocycles. The maximum absolute atomic E-state index is 6.37. The van der Waals surface area contributed by atoms with E-state index in [1.54, 1.807) is 11.3 Å². The van der Waals surface area contributed by atoms with Gasteiger partial charge in [-0.05, 0) is 51.5 Å². The number of hydrogen-bond donors (Lipinski definition) is 0. The van der Waals surface area contributed by atoms with Crippen molar-refractivity contribution in [2.75, 3.05) is 0 Å². The zero-order valence-corrected chi connectivity index (χ0v) is 12.5. The van der Waals surface area contributed by atoms with Crippen molar-refractivity contribution in [3.63, 3.8) is 0 Å². The predicted molar refractivity (Wildman–Crippen MR) is 73.8 cm³/mol. The first-order chi connectivity index (χ1) is 7.08. The summed E-state index contributed by atoms with van der Waals surface area (Å²) in [6.07, 6.45) is 0. The molecule has 0 saturated carbocycles. The molecule has 0 aliphatic heterocycles. The van der Waals surface area contributed by atoms with Crippen molar-refractivity contribution in [2.45, 2.75) is 12.3 Å². The first-order valence-electron chi connectivity index (χ1n) is 4.21. The van der Waals surface area contributed by atoms with Gasteiger partial charge in [-0.15, -0.1) is 34.3 Å². The fourth-order valence-electron chi connectivity index (χ4n) is 1.23. The second kappa shape index (κ2) is 4.76. The molecule has 0 amide bonds. The van der Waals surface area contributed by atoms with Gasteiger partial charge in [0.2, 0.25) is 0 Å². The van der Waals surface area contributed by atoms with Crippen molar-refractivity contribution < 1.29 is 0 Å². The number of alkyl halides is 1. The minimum atomic E-state index is -0.0938. The predicted octanol–water partition coefficient (Wildman–Crippen LogP) is 5.86. The number of hydrogen-bond acceptors (Lipinski definition) is 2. The van der Waals surface area contributed by atoms with Gasteiger partial charge in [-0.2, -0.15) is 0 Å². The van der Waals surface area contributed by atoms with Crippen molar-refractivity contribution in [3.05, 3.63) is 41.6 Å². The second-order valence-electron chi connectivity index (χ2n) is 3.15. The first kappa shape index (κ1) is 11.9. The molecule has 1 unspecified atom stereocenters. The fourth-order valence-corrected chi connectivity index (χ4v) is 4.12. The molecule has 0 aromatic carbocycles. The second-order valence-corrected chi connectivity index (χ2v) is 7.53. The Kier molecular flexibility index (Phi) is 3.79. The Morgan fingerprint density at radius 1 is 1.40 bits per heavy atom. The van der Waals surface area contributed by atoms with E-state index in [2.05, 4.69) is 28.9 Å². The highest BCUT2D eigenvalue weighted by Crippen LogP contribution is 2.39. The third-order valence-corrected chi connectivity index (χ3v) is 5.93. The van der Waals surface area contributed by atoms with Crippen LogP contribution in [0, 0.1) is 6.92 Å². The van der Waals surface area contributed by atoms with E-state index >= 15 is 0 Å². The van der Waals surface area contributed by atoms with Gasteiger partial charge in [-0.25, -0.2) is 0 Å².